The molecule has 1 aromatic heterocycles. The van der Waals surface area contributed by atoms with Gasteiger partial charge in [0.15, 0.2) is 0 Å². The molecule has 0 atom stereocenters. The van der Waals surface area contributed by atoms with Crippen LogP contribution in [0.3, 0.4) is 0 Å². The Morgan fingerprint density at radius 2 is 1.80 bits per heavy atom. The van der Waals surface area contributed by atoms with Crippen molar-refractivity contribution in [1.29, 1.82) is 0 Å². The molecular weight excluding hydrogens is 318 g/mol. The number of nitrogen functional groups attached to an aromatic ring is 1. The van der Waals surface area contributed by atoms with Crippen LogP contribution in [0.25, 0.3) is 11.3 Å². The SMILES string of the molecule is COCCOc1ccc(-c2cc(COc3ccccc3N)[nH]n2)cc1. The topological polar surface area (TPSA) is 82.4 Å². The van der Waals surface area contributed by atoms with Crippen LogP contribution in [0.5, 0.6) is 11.5 Å². The second kappa shape index (κ2) is 8.21. The van der Waals surface area contributed by atoms with Crippen molar-refractivity contribution < 1.29 is 14.2 Å². The molecule has 6 heteroatoms. The van der Waals surface area contributed by atoms with Gasteiger partial charge in [0.1, 0.15) is 24.7 Å². The van der Waals surface area contributed by atoms with E-state index in [0.29, 0.717) is 31.3 Å². The van der Waals surface area contributed by atoms with E-state index in [1.165, 1.54) is 0 Å². The fraction of sp³-hybridized carbons (Fsp3) is 0.211. The summed E-state index contributed by atoms with van der Waals surface area (Å²) in [5, 5.41) is 7.32. The molecule has 0 aliphatic rings. The van der Waals surface area contributed by atoms with Gasteiger partial charge in [0, 0.05) is 12.7 Å². The summed E-state index contributed by atoms with van der Waals surface area (Å²) in [6, 6.07) is 17.1. The molecule has 0 saturated carbocycles. The van der Waals surface area contributed by atoms with Crippen molar-refractivity contribution in [2.24, 2.45) is 0 Å². The Morgan fingerprint density at radius 1 is 1.00 bits per heavy atom. The Balaban J connectivity index is 1.60. The van der Waals surface area contributed by atoms with E-state index in [4.69, 9.17) is 19.9 Å². The van der Waals surface area contributed by atoms with Gasteiger partial charge in [-0.05, 0) is 42.5 Å². The first kappa shape index (κ1) is 16.9. The number of hydrogen-bond donors (Lipinski definition) is 2. The second-order valence-electron chi connectivity index (χ2n) is 5.47. The Kier molecular flexibility index (Phi) is 5.53. The van der Waals surface area contributed by atoms with E-state index in [1.54, 1.807) is 7.11 Å². The number of aromatic nitrogens is 2. The normalized spacial score (nSPS) is 10.6. The summed E-state index contributed by atoms with van der Waals surface area (Å²) in [7, 11) is 1.65. The first-order valence-corrected chi connectivity index (χ1v) is 8.00. The predicted octanol–water partition coefficient (Wildman–Crippen LogP) is 3.26. The molecule has 3 N–H and O–H groups in total. The van der Waals surface area contributed by atoms with Crippen molar-refractivity contribution in [3.05, 3.63) is 60.3 Å². The molecule has 0 aliphatic heterocycles. The summed E-state index contributed by atoms with van der Waals surface area (Å²) in [5.74, 6) is 1.47. The van der Waals surface area contributed by atoms with Crippen LogP contribution in [0.2, 0.25) is 0 Å². The number of nitrogens with one attached hydrogen (secondary N) is 1. The molecule has 0 aliphatic carbocycles. The van der Waals surface area contributed by atoms with Gasteiger partial charge in [0.05, 0.1) is 23.7 Å². The van der Waals surface area contributed by atoms with E-state index < -0.39 is 0 Å². The van der Waals surface area contributed by atoms with Gasteiger partial charge in [-0.3, -0.25) is 5.10 Å². The van der Waals surface area contributed by atoms with E-state index in [-0.39, 0.29) is 0 Å². The molecule has 0 radical (unpaired) electrons. The van der Waals surface area contributed by atoms with Crippen LogP contribution < -0.4 is 15.2 Å². The minimum atomic E-state index is 0.374. The van der Waals surface area contributed by atoms with Crippen LogP contribution in [0.15, 0.2) is 54.6 Å². The highest BCUT2D eigenvalue weighted by Crippen LogP contribution is 2.23. The van der Waals surface area contributed by atoms with Crippen LogP contribution in [-0.2, 0) is 11.3 Å². The minimum absolute atomic E-state index is 0.374. The number of H-pyrrole nitrogens is 1. The van der Waals surface area contributed by atoms with Gasteiger partial charge < -0.3 is 19.9 Å². The predicted molar refractivity (Wildman–Crippen MR) is 96.6 cm³/mol. The number of nitrogens with zero attached hydrogens (tertiary/aromatic N) is 1. The lowest BCUT2D eigenvalue weighted by Gasteiger charge is -2.06. The molecule has 0 amide bonds. The minimum Gasteiger partial charge on any atom is -0.491 e. The summed E-state index contributed by atoms with van der Waals surface area (Å²) < 4.78 is 16.2. The van der Waals surface area contributed by atoms with Crippen molar-refractivity contribution in [2.45, 2.75) is 6.61 Å². The summed E-state index contributed by atoms with van der Waals surface area (Å²) >= 11 is 0. The molecule has 3 rings (SSSR count). The average Bonchev–Trinajstić information content (AvgIpc) is 3.11. The Bertz CT molecular complexity index is 800. The highest BCUT2D eigenvalue weighted by molar-refractivity contribution is 5.60. The van der Waals surface area contributed by atoms with Crippen LogP contribution in [0.4, 0.5) is 5.69 Å². The number of rotatable bonds is 8. The van der Waals surface area contributed by atoms with E-state index in [1.807, 2.05) is 54.6 Å². The largest absolute Gasteiger partial charge is 0.491 e. The van der Waals surface area contributed by atoms with Gasteiger partial charge in [-0.2, -0.15) is 5.10 Å². The van der Waals surface area contributed by atoms with Crippen molar-refractivity contribution in [3.8, 4) is 22.8 Å². The summed E-state index contributed by atoms with van der Waals surface area (Å²) in [6.07, 6.45) is 0. The molecule has 1 heterocycles. The molecule has 0 fully saturated rings. The quantitative estimate of drug-likeness (QED) is 0.486. The Labute approximate surface area is 146 Å². The fourth-order valence-electron chi connectivity index (χ4n) is 2.32. The van der Waals surface area contributed by atoms with Crippen LogP contribution in [-0.4, -0.2) is 30.5 Å². The summed E-state index contributed by atoms with van der Waals surface area (Å²) in [6.45, 7) is 1.47. The van der Waals surface area contributed by atoms with Crippen LogP contribution in [0.1, 0.15) is 5.69 Å². The number of hydrogen-bond acceptors (Lipinski definition) is 5. The molecule has 0 bridgehead atoms. The number of aromatic amines is 1. The molecule has 6 nitrogen and oxygen atoms in total. The molecule has 0 spiro atoms. The van der Waals surface area contributed by atoms with Gasteiger partial charge in [-0.15, -0.1) is 0 Å². The zero-order chi connectivity index (χ0) is 17.5. The monoisotopic (exact) mass is 339 g/mol. The highest BCUT2D eigenvalue weighted by atomic mass is 16.5. The maximum Gasteiger partial charge on any atom is 0.142 e. The molecule has 130 valence electrons. The smallest absolute Gasteiger partial charge is 0.142 e. The third-order valence-electron chi connectivity index (χ3n) is 3.64. The molecule has 25 heavy (non-hydrogen) atoms. The number of benzene rings is 2. The fourth-order valence-corrected chi connectivity index (χ4v) is 2.32. The van der Waals surface area contributed by atoms with Gasteiger partial charge in [0.2, 0.25) is 0 Å². The number of nitrogens with two attached hydrogens (primary N) is 1. The van der Waals surface area contributed by atoms with Gasteiger partial charge >= 0.3 is 0 Å². The zero-order valence-corrected chi connectivity index (χ0v) is 14.1. The Hall–Kier alpha value is -2.99. The lowest BCUT2D eigenvalue weighted by atomic mass is 10.1. The number of methoxy groups -OCH3 is 1. The maximum atomic E-state index is 5.87. The molecule has 0 unspecified atom stereocenters. The van der Waals surface area contributed by atoms with Gasteiger partial charge in [-0.25, -0.2) is 0 Å². The molecule has 3 aromatic rings. The van der Waals surface area contributed by atoms with Crippen LogP contribution >= 0.6 is 0 Å². The van der Waals surface area contributed by atoms with E-state index in [0.717, 1.165) is 22.7 Å². The summed E-state index contributed by atoms with van der Waals surface area (Å²) in [4.78, 5) is 0. The average molecular weight is 339 g/mol. The van der Waals surface area contributed by atoms with Crippen molar-refractivity contribution in [2.75, 3.05) is 26.1 Å². The van der Waals surface area contributed by atoms with E-state index >= 15 is 0 Å². The number of anilines is 1. The first-order valence-electron chi connectivity index (χ1n) is 8.00. The van der Waals surface area contributed by atoms with Gasteiger partial charge in [0.25, 0.3) is 0 Å². The van der Waals surface area contributed by atoms with Crippen molar-refractivity contribution in [1.82, 2.24) is 10.2 Å². The Morgan fingerprint density at radius 3 is 2.56 bits per heavy atom. The van der Waals surface area contributed by atoms with E-state index in [2.05, 4.69) is 10.2 Å². The third-order valence-corrected chi connectivity index (χ3v) is 3.64. The van der Waals surface area contributed by atoms with Gasteiger partial charge in [-0.1, -0.05) is 12.1 Å². The molecular formula is C19H21N3O3. The maximum absolute atomic E-state index is 5.87. The zero-order valence-electron chi connectivity index (χ0n) is 14.1. The second-order valence-corrected chi connectivity index (χ2v) is 5.47. The van der Waals surface area contributed by atoms with Crippen molar-refractivity contribution >= 4 is 5.69 Å². The van der Waals surface area contributed by atoms with E-state index in [9.17, 15) is 0 Å². The molecule has 0 saturated heterocycles. The lowest BCUT2D eigenvalue weighted by molar-refractivity contribution is 0.146. The summed E-state index contributed by atoms with van der Waals surface area (Å²) in [5.41, 5.74) is 9.21. The van der Waals surface area contributed by atoms with Crippen molar-refractivity contribution in [3.63, 3.8) is 0 Å². The van der Waals surface area contributed by atoms with Crippen LogP contribution in [0, 0.1) is 0 Å². The standard InChI is InChI=1S/C19H21N3O3/c1-23-10-11-24-16-8-6-14(7-9-16)18-12-15(21-22-18)13-25-19-5-3-2-4-17(19)20/h2-9,12H,10-11,13,20H2,1H3,(H,21,22). The molecule has 2 aromatic carbocycles. The lowest BCUT2D eigenvalue weighted by Crippen LogP contribution is -2.03. The highest BCUT2D eigenvalue weighted by Gasteiger charge is 2.06. The number of para-hydroxylation sites is 2. The number of ether oxygens (including phenoxy) is 3. The third kappa shape index (κ3) is 4.51. The first-order chi connectivity index (χ1) is 12.3.